The Balaban J connectivity index is 1.78. The van der Waals surface area contributed by atoms with Gasteiger partial charge in [-0.15, -0.1) is 11.3 Å². The number of para-hydroxylation sites is 1. The van der Waals surface area contributed by atoms with Gasteiger partial charge in [-0.2, -0.15) is 5.10 Å². The van der Waals surface area contributed by atoms with Gasteiger partial charge in [0, 0.05) is 17.3 Å². The van der Waals surface area contributed by atoms with E-state index in [4.69, 9.17) is 0 Å². The summed E-state index contributed by atoms with van der Waals surface area (Å²) in [6.07, 6.45) is 1.79. The Morgan fingerprint density at radius 2 is 2.09 bits per heavy atom. The van der Waals surface area contributed by atoms with Gasteiger partial charge < -0.3 is 4.90 Å². The monoisotopic (exact) mass is 328 g/mol. The average Bonchev–Trinajstić information content (AvgIpc) is 3.09. The summed E-state index contributed by atoms with van der Waals surface area (Å²) in [5.74, 6) is 0.0245. The van der Waals surface area contributed by atoms with Crippen LogP contribution in [0.5, 0.6) is 0 Å². The van der Waals surface area contributed by atoms with Crippen LogP contribution in [-0.2, 0) is 11.3 Å². The Bertz CT molecular complexity index is 851. The SMILES string of the molecule is Cc1nc(C(C)N(C)C(=O)Cn2ncc3ccccc32)c(C)s1. The topological polar surface area (TPSA) is 51.0 Å². The molecule has 2 heterocycles. The molecule has 1 aromatic carbocycles. The Labute approximate surface area is 139 Å². The third kappa shape index (κ3) is 2.99. The van der Waals surface area contributed by atoms with E-state index in [0.29, 0.717) is 0 Å². The second-order valence-electron chi connectivity index (χ2n) is 5.72. The van der Waals surface area contributed by atoms with E-state index in [1.807, 2.05) is 45.2 Å². The fraction of sp³-hybridized carbons (Fsp3) is 0.353. The summed E-state index contributed by atoms with van der Waals surface area (Å²) < 4.78 is 1.75. The van der Waals surface area contributed by atoms with Gasteiger partial charge in [0.25, 0.3) is 0 Å². The summed E-state index contributed by atoms with van der Waals surface area (Å²) in [7, 11) is 1.83. The van der Waals surface area contributed by atoms with Crippen LogP contribution in [0.25, 0.3) is 10.9 Å². The van der Waals surface area contributed by atoms with E-state index >= 15 is 0 Å². The van der Waals surface area contributed by atoms with Gasteiger partial charge in [-0.1, -0.05) is 18.2 Å². The number of hydrogen-bond acceptors (Lipinski definition) is 4. The molecule has 6 heteroatoms. The van der Waals surface area contributed by atoms with Crippen LogP contribution < -0.4 is 0 Å². The van der Waals surface area contributed by atoms with Gasteiger partial charge in [0.1, 0.15) is 6.54 Å². The minimum atomic E-state index is -0.0470. The number of aromatic nitrogens is 3. The van der Waals surface area contributed by atoms with Gasteiger partial charge in [-0.25, -0.2) is 4.98 Å². The lowest BCUT2D eigenvalue weighted by Crippen LogP contribution is -2.33. The zero-order valence-electron chi connectivity index (χ0n) is 13.8. The first-order valence-corrected chi connectivity index (χ1v) is 8.39. The Morgan fingerprint density at radius 3 is 2.78 bits per heavy atom. The van der Waals surface area contributed by atoms with Crippen molar-refractivity contribution in [3.05, 3.63) is 46.0 Å². The zero-order chi connectivity index (χ0) is 16.6. The van der Waals surface area contributed by atoms with Crippen LogP contribution in [0.4, 0.5) is 0 Å². The third-order valence-corrected chi connectivity index (χ3v) is 5.05. The number of amides is 1. The number of likely N-dealkylation sites (N-methyl/N-ethyl adjacent to an activating group) is 1. The lowest BCUT2D eigenvalue weighted by atomic mass is 10.2. The first kappa shape index (κ1) is 15.7. The van der Waals surface area contributed by atoms with E-state index in [2.05, 4.69) is 17.0 Å². The first-order valence-electron chi connectivity index (χ1n) is 7.57. The molecule has 0 radical (unpaired) electrons. The zero-order valence-corrected chi connectivity index (χ0v) is 14.6. The summed E-state index contributed by atoms with van der Waals surface area (Å²) in [5, 5.41) is 6.40. The van der Waals surface area contributed by atoms with Gasteiger partial charge in [0.2, 0.25) is 5.91 Å². The van der Waals surface area contributed by atoms with Crippen molar-refractivity contribution >= 4 is 28.1 Å². The van der Waals surface area contributed by atoms with Crippen LogP contribution in [0, 0.1) is 13.8 Å². The molecule has 23 heavy (non-hydrogen) atoms. The highest BCUT2D eigenvalue weighted by molar-refractivity contribution is 7.11. The maximum atomic E-state index is 12.6. The number of nitrogens with zero attached hydrogens (tertiary/aromatic N) is 4. The maximum Gasteiger partial charge on any atom is 0.244 e. The Morgan fingerprint density at radius 1 is 1.35 bits per heavy atom. The van der Waals surface area contributed by atoms with E-state index in [-0.39, 0.29) is 18.5 Å². The van der Waals surface area contributed by atoms with E-state index in [1.54, 1.807) is 27.1 Å². The summed E-state index contributed by atoms with van der Waals surface area (Å²) >= 11 is 1.67. The van der Waals surface area contributed by atoms with E-state index in [9.17, 15) is 4.79 Å². The molecule has 0 fully saturated rings. The highest BCUT2D eigenvalue weighted by Crippen LogP contribution is 2.26. The maximum absolute atomic E-state index is 12.6. The molecule has 3 aromatic rings. The number of carbonyl (C=O) groups is 1. The molecule has 0 aliphatic carbocycles. The highest BCUT2D eigenvalue weighted by Gasteiger charge is 2.22. The predicted molar refractivity (Wildman–Crippen MR) is 92.5 cm³/mol. The van der Waals surface area contributed by atoms with Gasteiger partial charge >= 0.3 is 0 Å². The van der Waals surface area contributed by atoms with Crippen molar-refractivity contribution in [1.82, 2.24) is 19.7 Å². The van der Waals surface area contributed by atoms with Gasteiger partial charge in [0.15, 0.2) is 0 Å². The minimum Gasteiger partial charge on any atom is -0.336 e. The Hall–Kier alpha value is -2.21. The predicted octanol–water partition coefficient (Wildman–Crippen LogP) is 3.33. The summed E-state index contributed by atoms with van der Waals surface area (Å²) in [6, 6.07) is 7.86. The van der Waals surface area contributed by atoms with E-state index in [1.165, 1.54) is 4.88 Å². The largest absolute Gasteiger partial charge is 0.336 e. The van der Waals surface area contributed by atoms with Crippen LogP contribution in [0.2, 0.25) is 0 Å². The van der Waals surface area contributed by atoms with Crippen molar-refractivity contribution in [3.8, 4) is 0 Å². The van der Waals surface area contributed by atoms with E-state index < -0.39 is 0 Å². The molecule has 0 bridgehead atoms. The molecule has 3 rings (SSSR count). The fourth-order valence-electron chi connectivity index (χ4n) is 2.72. The second kappa shape index (κ2) is 6.12. The van der Waals surface area contributed by atoms with E-state index in [0.717, 1.165) is 21.6 Å². The van der Waals surface area contributed by atoms with Crippen LogP contribution in [0.15, 0.2) is 30.5 Å². The molecule has 0 spiro atoms. The van der Waals surface area contributed by atoms with Crippen LogP contribution >= 0.6 is 11.3 Å². The molecular formula is C17H20N4OS. The molecular weight excluding hydrogens is 308 g/mol. The number of hydrogen-bond donors (Lipinski definition) is 0. The molecule has 0 saturated heterocycles. The Kier molecular flexibility index (Phi) is 4.17. The number of thiazole rings is 1. The molecule has 5 nitrogen and oxygen atoms in total. The number of carbonyl (C=O) groups excluding carboxylic acids is 1. The van der Waals surface area contributed by atoms with Crippen LogP contribution in [-0.4, -0.2) is 32.6 Å². The van der Waals surface area contributed by atoms with Crippen LogP contribution in [0.3, 0.4) is 0 Å². The van der Waals surface area contributed by atoms with Crippen molar-refractivity contribution in [2.24, 2.45) is 0 Å². The molecule has 120 valence electrons. The first-order chi connectivity index (χ1) is 11.0. The van der Waals surface area contributed by atoms with Gasteiger partial charge in [-0.05, 0) is 26.8 Å². The van der Waals surface area contributed by atoms with Crippen molar-refractivity contribution in [2.45, 2.75) is 33.4 Å². The lowest BCUT2D eigenvalue weighted by Gasteiger charge is -2.24. The number of rotatable bonds is 4. The molecule has 0 aliphatic heterocycles. The molecule has 2 aromatic heterocycles. The van der Waals surface area contributed by atoms with Crippen molar-refractivity contribution in [2.75, 3.05) is 7.05 Å². The molecule has 0 saturated carbocycles. The quantitative estimate of drug-likeness (QED) is 0.738. The highest BCUT2D eigenvalue weighted by atomic mass is 32.1. The number of aryl methyl sites for hydroxylation is 2. The minimum absolute atomic E-state index is 0.0245. The summed E-state index contributed by atoms with van der Waals surface area (Å²) in [5.41, 5.74) is 1.95. The molecule has 1 unspecified atom stereocenters. The van der Waals surface area contributed by atoms with Gasteiger partial charge in [-0.3, -0.25) is 9.48 Å². The molecule has 1 atom stereocenters. The second-order valence-corrected chi connectivity index (χ2v) is 7.12. The van der Waals surface area contributed by atoms with Crippen molar-refractivity contribution in [3.63, 3.8) is 0 Å². The average molecular weight is 328 g/mol. The molecule has 0 N–H and O–H groups in total. The summed E-state index contributed by atoms with van der Waals surface area (Å²) in [4.78, 5) is 20.1. The van der Waals surface area contributed by atoms with Crippen molar-refractivity contribution < 1.29 is 4.79 Å². The number of benzene rings is 1. The standard InChI is InChI=1S/C17H20N4OS/c1-11(17-12(2)23-13(3)19-17)20(4)16(22)10-21-15-8-6-5-7-14(15)9-18-21/h5-9,11H,10H2,1-4H3. The molecule has 0 aliphatic rings. The normalized spacial score (nSPS) is 12.5. The van der Waals surface area contributed by atoms with Crippen LogP contribution in [0.1, 0.15) is 28.5 Å². The smallest absolute Gasteiger partial charge is 0.244 e. The fourth-order valence-corrected chi connectivity index (χ4v) is 3.63. The molecule has 1 amide bonds. The summed E-state index contributed by atoms with van der Waals surface area (Å²) in [6.45, 7) is 6.29. The lowest BCUT2D eigenvalue weighted by molar-refractivity contribution is -0.132. The van der Waals surface area contributed by atoms with Gasteiger partial charge in [0.05, 0.1) is 28.5 Å². The third-order valence-electron chi connectivity index (χ3n) is 4.15. The van der Waals surface area contributed by atoms with Crippen molar-refractivity contribution in [1.29, 1.82) is 0 Å². The number of fused-ring (bicyclic) bond motifs is 1.